The molecule has 1 aromatic heterocycles. The highest BCUT2D eigenvalue weighted by Crippen LogP contribution is 2.33. The summed E-state index contributed by atoms with van der Waals surface area (Å²) in [6.07, 6.45) is 4.76. The molecular weight excluding hydrogens is 412 g/mol. The van der Waals surface area contributed by atoms with Crippen molar-refractivity contribution in [3.05, 3.63) is 85.2 Å². The van der Waals surface area contributed by atoms with Crippen molar-refractivity contribution in [2.24, 2.45) is 0 Å². The van der Waals surface area contributed by atoms with E-state index >= 15 is 0 Å². The third-order valence-electron chi connectivity index (χ3n) is 6.18. The van der Waals surface area contributed by atoms with Crippen LogP contribution in [0.3, 0.4) is 0 Å². The van der Waals surface area contributed by atoms with E-state index in [2.05, 4.69) is 32.2 Å². The first-order valence-corrected chi connectivity index (χ1v) is 11.4. The molecule has 1 aliphatic rings. The molecule has 0 saturated carbocycles. The van der Waals surface area contributed by atoms with Crippen molar-refractivity contribution in [3.8, 4) is 0 Å². The lowest BCUT2D eigenvalue weighted by Crippen LogP contribution is -2.34. The molecule has 1 fully saturated rings. The number of carbonyl (C=O) groups is 2. The van der Waals surface area contributed by atoms with Crippen LogP contribution in [0.2, 0.25) is 0 Å². The number of carbonyl (C=O) groups excluding carboxylic acids is 2. The third-order valence-corrected chi connectivity index (χ3v) is 6.18. The Morgan fingerprint density at radius 3 is 2.48 bits per heavy atom. The van der Waals surface area contributed by atoms with Crippen LogP contribution in [0, 0.1) is 0 Å². The summed E-state index contributed by atoms with van der Waals surface area (Å²) >= 11 is 0. The molecule has 3 aromatic rings. The quantitative estimate of drug-likeness (QED) is 0.464. The summed E-state index contributed by atoms with van der Waals surface area (Å²) in [5.41, 5.74) is 3.88. The average molecular weight is 443 g/mol. The Morgan fingerprint density at radius 1 is 1.12 bits per heavy atom. The number of aryl methyl sites for hydroxylation is 1. The smallest absolute Gasteiger partial charge is 0.243 e. The minimum atomic E-state index is -0.0872. The Morgan fingerprint density at radius 2 is 1.82 bits per heavy atom. The summed E-state index contributed by atoms with van der Waals surface area (Å²) in [4.78, 5) is 34.4. The lowest BCUT2D eigenvalue weighted by atomic mass is 10.1. The van der Waals surface area contributed by atoms with Gasteiger partial charge in [-0.2, -0.15) is 0 Å². The number of aromatic nitrogens is 2. The molecule has 6 nitrogen and oxygen atoms in total. The fourth-order valence-corrected chi connectivity index (χ4v) is 4.44. The van der Waals surface area contributed by atoms with Crippen molar-refractivity contribution in [3.63, 3.8) is 0 Å². The van der Waals surface area contributed by atoms with E-state index in [1.807, 2.05) is 45.9 Å². The van der Waals surface area contributed by atoms with E-state index in [1.54, 1.807) is 17.1 Å². The first-order valence-electron chi connectivity index (χ1n) is 11.4. The molecule has 2 heterocycles. The maximum atomic E-state index is 13.1. The molecule has 6 heteroatoms. The van der Waals surface area contributed by atoms with Crippen LogP contribution in [0.1, 0.15) is 30.7 Å². The SMILES string of the molecule is C=CCN(CC=C)C(=O)Cn1c([C@@H]2CC(=O)N(c3ccc(CC)cc3)C2)nc2ccccc21. The van der Waals surface area contributed by atoms with E-state index in [4.69, 9.17) is 4.98 Å². The molecular formula is C27H30N4O2. The number of para-hydroxylation sites is 2. The van der Waals surface area contributed by atoms with Crippen molar-refractivity contribution >= 4 is 28.5 Å². The maximum Gasteiger partial charge on any atom is 0.243 e. The molecule has 170 valence electrons. The maximum absolute atomic E-state index is 13.1. The lowest BCUT2D eigenvalue weighted by Gasteiger charge is -2.21. The molecule has 1 saturated heterocycles. The molecule has 0 bridgehead atoms. The number of fused-ring (bicyclic) bond motifs is 1. The van der Waals surface area contributed by atoms with Crippen molar-refractivity contribution in [1.29, 1.82) is 0 Å². The number of nitrogens with zero attached hydrogens (tertiary/aromatic N) is 4. The summed E-state index contributed by atoms with van der Waals surface area (Å²) < 4.78 is 1.97. The van der Waals surface area contributed by atoms with Gasteiger partial charge in [-0.15, -0.1) is 13.2 Å². The second kappa shape index (κ2) is 9.86. The molecule has 1 aliphatic heterocycles. The predicted molar refractivity (Wildman–Crippen MR) is 132 cm³/mol. The van der Waals surface area contributed by atoms with E-state index in [-0.39, 0.29) is 24.3 Å². The number of hydrogen-bond acceptors (Lipinski definition) is 3. The summed E-state index contributed by atoms with van der Waals surface area (Å²) in [7, 11) is 0. The highest BCUT2D eigenvalue weighted by atomic mass is 16.2. The van der Waals surface area contributed by atoms with Gasteiger partial charge in [0.2, 0.25) is 11.8 Å². The van der Waals surface area contributed by atoms with E-state index in [0.29, 0.717) is 26.1 Å². The molecule has 1 atom stereocenters. The van der Waals surface area contributed by atoms with Gasteiger partial charge in [0.15, 0.2) is 0 Å². The molecule has 0 unspecified atom stereocenters. The number of hydrogen-bond donors (Lipinski definition) is 0. The molecule has 4 rings (SSSR count). The predicted octanol–water partition coefficient (Wildman–Crippen LogP) is 4.32. The normalized spacial score (nSPS) is 15.7. The number of amides is 2. The average Bonchev–Trinajstić information content (AvgIpc) is 3.39. The molecule has 0 aliphatic carbocycles. The minimum Gasteiger partial charge on any atom is -0.334 e. The number of benzene rings is 2. The molecule has 2 aromatic carbocycles. The zero-order valence-corrected chi connectivity index (χ0v) is 19.1. The number of anilines is 1. The van der Waals surface area contributed by atoms with E-state index in [9.17, 15) is 9.59 Å². The molecule has 0 radical (unpaired) electrons. The topological polar surface area (TPSA) is 58.4 Å². The summed E-state index contributed by atoms with van der Waals surface area (Å²) in [6.45, 7) is 11.2. The van der Waals surface area contributed by atoms with Crippen molar-refractivity contribution in [2.75, 3.05) is 24.5 Å². The van der Waals surface area contributed by atoms with Crippen LogP contribution in [0.15, 0.2) is 73.8 Å². The second-order valence-corrected chi connectivity index (χ2v) is 8.35. The largest absolute Gasteiger partial charge is 0.334 e. The van der Waals surface area contributed by atoms with Crippen LogP contribution in [0.25, 0.3) is 11.0 Å². The monoisotopic (exact) mass is 442 g/mol. The van der Waals surface area contributed by atoms with Crippen LogP contribution in [0.4, 0.5) is 5.69 Å². The Hall–Kier alpha value is -3.67. The Kier molecular flexibility index (Phi) is 6.73. The number of imidazole rings is 1. The highest BCUT2D eigenvalue weighted by Gasteiger charge is 2.35. The van der Waals surface area contributed by atoms with Crippen LogP contribution < -0.4 is 4.90 Å². The van der Waals surface area contributed by atoms with Gasteiger partial charge in [0, 0.05) is 37.7 Å². The summed E-state index contributed by atoms with van der Waals surface area (Å²) in [6, 6.07) is 16.0. The zero-order chi connectivity index (χ0) is 23.4. The van der Waals surface area contributed by atoms with Crippen LogP contribution in [-0.2, 0) is 22.6 Å². The fraction of sp³-hybridized carbons (Fsp3) is 0.296. The van der Waals surface area contributed by atoms with Gasteiger partial charge in [0.1, 0.15) is 12.4 Å². The number of rotatable bonds is 9. The zero-order valence-electron chi connectivity index (χ0n) is 19.1. The van der Waals surface area contributed by atoms with Gasteiger partial charge in [-0.05, 0) is 36.2 Å². The van der Waals surface area contributed by atoms with Gasteiger partial charge in [0.25, 0.3) is 0 Å². The van der Waals surface area contributed by atoms with Gasteiger partial charge < -0.3 is 14.4 Å². The van der Waals surface area contributed by atoms with Gasteiger partial charge in [0.05, 0.1) is 11.0 Å². The fourth-order valence-electron chi connectivity index (χ4n) is 4.44. The lowest BCUT2D eigenvalue weighted by molar-refractivity contribution is -0.130. The first-order chi connectivity index (χ1) is 16.0. The highest BCUT2D eigenvalue weighted by molar-refractivity contribution is 5.96. The molecule has 0 spiro atoms. The van der Waals surface area contributed by atoms with Gasteiger partial charge >= 0.3 is 0 Å². The van der Waals surface area contributed by atoms with Crippen molar-refractivity contribution in [1.82, 2.24) is 14.5 Å². The van der Waals surface area contributed by atoms with Gasteiger partial charge in [-0.1, -0.05) is 43.3 Å². The van der Waals surface area contributed by atoms with E-state index in [1.165, 1.54) is 5.56 Å². The van der Waals surface area contributed by atoms with Gasteiger partial charge in [-0.25, -0.2) is 4.98 Å². The Labute approximate surface area is 194 Å². The molecule has 0 N–H and O–H groups in total. The Bertz CT molecular complexity index is 1170. The van der Waals surface area contributed by atoms with E-state index in [0.717, 1.165) is 29.0 Å². The molecule has 2 amide bonds. The summed E-state index contributed by atoms with van der Waals surface area (Å²) in [5, 5.41) is 0. The first kappa shape index (κ1) is 22.5. The standard InChI is InChI=1S/C27H30N4O2/c1-4-15-29(16-5-2)26(33)19-31-24-10-8-7-9-23(24)28-27(31)21-17-25(32)30(18-21)22-13-11-20(6-3)12-14-22/h4-5,7-14,21H,1-2,6,15-19H2,3H3/t21-/m1/s1. The van der Waals surface area contributed by atoms with E-state index < -0.39 is 0 Å². The van der Waals surface area contributed by atoms with Crippen molar-refractivity contribution in [2.45, 2.75) is 32.2 Å². The van der Waals surface area contributed by atoms with Crippen LogP contribution >= 0.6 is 0 Å². The summed E-state index contributed by atoms with van der Waals surface area (Å²) in [5.74, 6) is 0.739. The third kappa shape index (κ3) is 4.60. The second-order valence-electron chi connectivity index (χ2n) is 8.35. The van der Waals surface area contributed by atoms with Crippen LogP contribution in [-0.4, -0.2) is 45.9 Å². The molecule has 33 heavy (non-hydrogen) atoms. The minimum absolute atomic E-state index is 0.0319. The van der Waals surface area contributed by atoms with Gasteiger partial charge in [-0.3, -0.25) is 9.59 Å². The van der Waals surface area contributed by atoms with Crippen LogP contribution in [0.5, 0.6) is 0 Å². The van der Waals surface area contributed by atoms with Crippen molar-refractivity contribution < 1.29 is 9.59 Å². The Balaban J connectivity index is 1.65.